The first-order valence-electron chi connectivity index (χ1n) is 9.67. The number of nitrogens with zero attached hydrogens (tertiary/aromatic N) is 2. The average molecular weight is 381 g/mol. The van der Waals surface area contributed by atoms with Crippen LogP contribution in [0.5, 0.6) is 0 Å². The Bertz CT molecular complexity index is 1060. The summed E-state index contributed by atoms with van der Waals surface area (Å²) in [6.07, 6.45) is 3.66. The predicted molar refractivity (Wildman–Crippen MR) is 102 cm³/mol. The van der Waals surface area contributed by atoms with Crippen molar-refractivity contribution in [1.29, 1.82) is 0 Å². The van der Waals surface area contributed by atoms with Crippen LogP contribution in [0.15, 0.2) is 42.7 Å². The van der Waals surface area contributed by atoms with Crippen molar-refractivity contribution in [3.05, 3.63) is 65.5 Å². The van der Waals surface area contributed by atoms with Gasteiger partial charge in [0.05, 0.1) is 17.4 Å². The highest BCUT2D eigenvalue weighted by atomic mass is 19.2. The van der Waals surface area contributed by atoms with Gasteiger partial charge in [-0.25, -0.2) is 13.8 Å². The van der Waals surface area contributed by atoms with E-state index in [2.05, 4.69) is 10.3 Å². The van der Waals surface area contributed by atoms with E-state index in [4.69, 9.17) is 0 Å². The van der Waals surface area contributed by atoms with Gasteiger partial charge in [0.25, 0.3) is 5.91 Å². The molecule has 4 atom stereocenters. The molecule has 5 rings (SSSR count). The number of carbonyl (C=O) groups is 1. The maximum Gasteiger partial charge on any atom is 0.251 e. The van der Waals surface area contributed by atoms with Gasteiger partial charge in [0.2, 0.25) is 0 Å². The van der Waals surface area contributed by atoms with Crippen molar-refractivity contribution in [2.24, 2.45) is 17.8 Å². The van der Waals surface area contributed by atoms with E-state index in [-0.39, 0.29) is 11.9 Å². The molecule has 0 aliphatic heterocycles. The van der Waals surface area contributed by atoms with Gasteiger partial charge < -0.3 is 9.88 Å². The molecule has 3 aromatic rings. The fraction of sp³-hybridized carbons (Fsp3) is 0.364. The van der Waals surface area contributed by atoms with Gasteiger partial charge in [-0.3, -0.25) is 4.79 Å². The Morgan fingerprint density at radius 3 is 2.68 bits per heavy atom. The summed E-state index contributed by atoms with van der Waals surface area (Å²) in [5.41, 5.74) is 2.90. The molecule has 2 aliphatic carbocycles. The SMILES string of the molecule is Cc1cccc(C(=O)NC[C@@H]2[C@H]3C[C@H](n4cnc5cc(F)c(F)cc54)C[C@@H]23)c1. The first-order chi connectivity index (χ1) is 13.5. The van der Waals surface area contributed by atoms with E-state index in [0.29, 0.717) is 40.9 Å². The van der Waals surface area contributed by atoms with Gasteiger partial charge in [-0.1, -0.05) is 17.7 Å². The Hall–Kier alpha value is -2.76. The summed E-state index contributed by atoms with van der Waals surface area (Å²) in [7, 11) is 0. The summed E-state index contributed by atoms with van der Waals surface area (Å²) in [5, 5.41) is 3.06. The van der Waals surface area contributed by atoms with Crippen LogP contribution < -0.4 is 5.32 Å². The first-order valence-corrected chi connectivity index (χ1v) is 9.67. The van der Waals surface area contributed by atoms with Crippen LogP contribution in [0.25, 0.3) is 11.0 Å². The number of hydrogen-bond donors (Lipinski definition) is 1. The highest BCUT2D eigenvalue weighted by Gasteiger charge is 2.56. The van der Waals surface area contributed by atoms with Crippen molar-refractivity contribution in [2.45, 2.75) is 25.8 Å². The zero-order valence-corrected chi connectivity index (χ0v) is 15.5. The number of imidazole rings is 1. The van der Waals surface area contributed by atoms with Crippen LogP contribution in [0, 0.1) is 36.3 Å². The second-order valence-electron chi connectivity index (χ2n) is 8.10. The molecule has 0 bridgehead atoms. The molecule has 144 valence electrons. The molecule has 4 nitrogen and oxygen atoms in total. The molecule has 1 aromatic heterocycles. The lowest BCUT2D eigenvalue weighted by molar-refractivity contribution is 0.0950. The molecule has 0 saturated heterocycles. The van der Waals surface area contributed by atoms with Gasteiger partial charge in [-0.05, 0) is 49.7 Å². The zero-order valence-electron chi connectivity index (χ0n) is 15.5. The third kappa shape index (κ3) is 2.87. The Morgan fingerprint density at radius 2 is 1.93 bits per heavy atom. The van der Waals surface area contributed by atoms with Crippen molar-refractivity contribution in [3.8, 4) is 0 Å². The molecule has 2 saturated carbocycles. The molecule has 2 aliphatic rings. The van der Waals surface area contributed by atoms with Crippen molar-refractivity contribution in [2.75, 3.05) is 6.54 Å². The van der Waals surface area contributed by atoms with Gasteiger partial charge in [-0.2, -0.15) is 0 Å². The molecule has 1 heterocycles. The maximum absolute atomic E-state index is 13.6. The van der Waals surface area contributed by atoms with Crippen LogP contribution in [0.3, 0.4) is 0 Å². The minimum Gasteiger partial charge on any atom is -0.352 e. The number of aromatic nitrogens is 2. The lowest BCUT2D eigenvalue weighted by Crippen LogP contribution is -2.27. The van der Waals surface area contributed by atoms with E-state index >= 15 is 0 Å². The molecule has 0 radical (unpaired) electrons. The maximum atomic E-state index is 13.6. The standard InChI is InChI=1S/C22H21F2N3O/c1-12-3-2-4-13(5-12)22(28)25-10-17-15-6-14(7-16(15)17)27-11-26-20-8-18(23)19(24)9-21(20)27/h2-5,8-9,11,14-17H,6-7,10H2,1H3,(H,25,28)/t14-,15-,16+,17+. The van der Waals surface area contributed by atoms with Crippen LogP contribution in [0.2, 0.25) is 0 Å². The summed E-state index contributed by atoms with van der Waals surface area (Å²) in [4.78, 5) is 16.5. The minimum atomic E-state index is -0.864. The molecule has 0 unspecified atom stereocenters. The number of carbonyl (C=O) groups excluding carboxylic acids is 1. The van der Waals surface area contributed by atoms with Crippen LogP contribution in [0.1, 0.15) is 34.8 Å². The second-order valence-corrected chi connectivity index (χ2v) is 8.10. The van der Waals surface area contributed by atoms with Gasteiger partial charge >= 0.3 is 0 Å². The Labute approximate surface area is 161 Å². The Morgan fingerprint density at radius 1 is 1.18 bits per heavy atom. The topological polar surface area (TPSA) is 46.9 Å². The molecule has 6 heteroatoms. The number of benzene rings is 2. The van der Waals surface area contributed by atoms with Crippen LogP contribution >= 0.6 is 0 Å². The van der Waals surface area contributed by atoms with E-state index in [9.17, 15) is 13.6 Å². The summed E-state index contributed by atoms with van der Waals surface area (Å²) >= 11 is 0. The van der Waals surface area contributed by atoms with E-state index in [1.165, 1.54) is 6.07 Å². The third-order valence-electron chi connectivity index (χ3n) is 6.39. The number of aryl methyl sites for hydroxylation is 1. The lowest BCUT2D eigenvalue weighted by atomic mass is 10.1. The number of nitrogens with one attached hydrogen (secondary N) is 1. The molecule has 0 spiro atoms. The van der Waals surface area contributed by atoms with Crippen molar-refractivity contribution in [3.63, 3.8) is 0 Å². The normalized spacial score (nSPS) is 25.7. The molecular formula is C22H21F2N3O. The van der Waals surface area contributed by atoms with E-state index in [0.717, 1.165) is 24.5 Å². The number of amides is 1. The monoisotopic (exact) mass is 381 g/mol. The summed E-state index contributed by atoms with van der Waals surface area (Å²) < 4.78 is 29.0. The second kappa shape index (κ2) is 6.40. The molecule has 28 heavy (non-hydrogen) atoms. The quantitative estimate of drug-likeness (QED) is 0.734. The smallest absolute Gasteiger partial charge is 0.251 e. The summed E-state index contributed by atoms with van der Waals surface area (Å²) in [6.45, 7) is 2.67. The van der Waals surface area contributed by atoms with E-state index in [1.807, 2.05) is 35.8 Å². The lowest BCUT2D eigenvalue weighted by Gasteiger charge is -2.17. The summed E-state index contributed by atoms with van der Waals surface area (Å²) in [6, 6.07) is 10.2. The fourth-order valence-electron chi connectivity index (χ4n) is 4.89. The van der Waals surface area contributed by atoms with Gasteiger partial charge in [0, 0.05) is 30.3 Å². The van der Waals surface area contributed by atoms with Gasteiger partial charge in [0.15, 0.2) is 11.6 Å². The molecule has 1 amide bonds. The Kier molecular flexibility index (Phi) is 3.96. The van der Waals surface area contributed by atoms with Gasteiger partial charge in [0.1, 0.15) is 0 Å². The fourth-order valence-corrected chi connectivity index (χ4v) is 4.89. The number of rotatable bonds is 4. The van der Waals surface area contributed by atoms with E-state index in [1.54, 1.807) is 6.33 Å². The highest BCUT2D eigenvalue weighted by Crippen LogP contribution is 2.60. The molecule has 2 aromatic carbocycles. The Balaban J connectivity index is 1.21. The van der Waals surface area contributed by atoms with Crippen LogP contribution in [-0.4, -0.2) is 22.0 Å². The average Bonchev–Trinajstić information content (AvgIpc) is 3.00. The molecule has 2 fully saturated rings. The van der Waals surface area contributed by atoms with Crippen LogP contribution in [0.4, 0.5) is 8.78 Å². The molecular weight excluding hydrogens is 360 g/mol. The highest BCUT2D eigenvalue weighted by molar-refractivity contribution is 5.94. The van der Waals surface area contributed by atoms with Crippen molar-refractivity contribution in [1.82, 2.24) is 14.9 Å². The predicted octanol–water partition coefficient (Wildman–Crippen LogP) is 4.25. The zero-order chi connectivity index (χ0) is 19.4. The van der Waals surface area contributed by atoms with Crippen LogP contribution in [-0.2, 0) is 0 Å². The van der Waals surface area contributed by atoms with E-state index < -0.39 is 11.6 Å². The first kappa shape index (κ1) is 17.3. The van der Waals surface area contributed by atoms with Gasteiger partial charge in [-0.15, -0.1) is 0 Å². The minimum absolute atomic E-state index is 0.0247. The number of fused-ring (bicyclic) bond motifs is 2. The summed E-state index contributed by atoms with van der Waals surface area (Å²) in [5.74, 6) is -0.0704. The number of halogens is 2. The largest absolute Gasteiger partial charge is 0.352 e. The number of hydrogen-bond acceptors (Lipinski definition) is 2. The van der Waals surface area contributed by atoms with Crippen molar-refractivity contribution < 1.29 is 13.6 Å². The third-order valence-corrected chi connectivity index (χ3v) is 6.39. The van der Waals surface area contributed by atoms with Crippen molar-refractivity contribution >= 4 is 16.9 Å². The molecule has 1 N–H and O–H groups in total.